The van der Waals surface area contributed by atoms with Crippen LogP contribution >= 0.6 is 0 Å². The summed E-state index contributed by atoms with van der Waals surface area (Å²) in [6, 6.07) is 8.40. The van der Waals surface area contributed by atoms with Gasteiger partial charge in [0.25, 0.3) is 0 Å². The summed E-state index contributed by atoms with van der Waals surface area (Å²) < 4.78 is 5.64. The molecule has 1 heterocycles. The highest BCUT2D eigenvalue weighted by atomic mass is 16.5. The lowest BCUT2D eigenvalue weighted by atomic mass is 9.86. The normalized spacial score (nSPS) is 18.9. The predicted molar refractivity (Wildman–Crippen MR) is 74.7 cm³/mol. The number of hydrogen-bond donors (Lipinski definition) is 2. The van der Waals surface area contributed by atoms with E-state index in [4.69, 9.17) is 10.5 Å². The quantitative estimate of drug-likeness (QED) is 0.860. The molecule has 3 N–H and O–H groups in total. The third kappa shape index (κ3) is 3.47. The lowest BCUT2D eigenvalue weighted by molar-refractivity contribution is 0.242. The molecule has 1 atom stereocenters. The van der Waals surface area contributed by atoms with E-state index in [1.54, 1.807) is 0 Å². The molecule has 1 fully saturated rings. The van der Waals surface area contributed by atoms with Crippen LogP contribution in [0, 0.1) is 5.92 Å². The molecular weight excluding hydrogens is 224 g/mol. The van der Waals surface area contributed by atoms with Crippen LogP contribution in [0.25, 0.3) is 0 Å². The van der Waals surface area contributed by atoms with E-state index < -0.39 is 0 Å². The van der Waals surface area contributed by atoms with E-state index in [1.807, 2.05) is 26.0 Å². The SMILES string of the molecule is CC(C)Oc1ccc(C(N)C2CCNCC2)cc1. The Hall–Kier alpha value is -1.06. The summed E-state index contributed by atoms with van der Waals surface area (Å²) >= 11 is 0. The van der Waals surface area contributed by atoms with Gasteiger partial charge in [-0.25, -0.2) is 0 Å². The van der Waals surface area contributed by atoms with Crippen LogP contribution in [0.15, 0.2) is 24.3 Å². The Morgan fingerprint density at radius 1 is 1.17 bits per heavy atom. The molecule has 0 radical (unpaired) electrons. The van der Waals surface area contributed by atoms with E-state index in [0.717, 1.165) is 18.8 Å². The van der Waals surface area contributed by atoms with Gasteiger partial charge in [-0.3, -0.25) is 0 Å². The first kappa shape index (κ1) is 13.4. The first-order chi connectivity index (χ1) is 8.66. The molecular formula is C15H24N2O. The van der Waals surface area contributed by atoms with Gasteiger partial charge in [-0.1, -0.05) is 12.1 Å². The van der Waals surface area contributed by atoms with Crippen LogP contribution in [0.4, 0.5) is 0 Å². The Morgan fingerprint density at radius 3 is 2.33 bits per heavy atom. The Labute approximate surface area is 110 Å². The van der Waals surface area contributed by atoms with E-state index in [2.05, 4.69) is 17.4 Å². The van der Waals surface area contributed by atoms with Crippen LogP contribution in [-0.4, -0.2) is 19.2 Å². The van der Waals surface area contributed by atoms with Gasteiger partial charge in [0.05, 0.1) is 6.10 Å². The number of benzene rings is 1. The molecule has 3 nitrogen and oxygen atoms in total. The van der Waals surface area contributed by atoms with Gasteiger partial charge in [-0.15, -0.1) is 0 Å². The van der Waals surface area contributed by atoms with Gasteiger partial charge < -0.3 is 15.8 Å². The minimum absolute atomic E-state index is 0.153. The summed E-state index contributed by atoms with van der Waals surface area (Å²) in [5, 5.41) is 3.38. The van der Waals surface area contributed by atoms with E-state index >= 15 is 0 Å². The van der Waals surface area contributed by atoms with Gasteiger partial charge in [-0.05, 0) is 63.4 Å². The summed E-state index contributed by atoms with van der Waals surface area (Å²) in [6.45, 7) is 6.25. The molecule has 2 rings (SSSR count). The maximum atomic E-state index is 6.35. The van der Waals surface area contributed by atoms with Crippen molar-refractivity contribution in [2.45, 2.75) is 38.8 Å². The molecule has 0 saturated carbocycles. The standard InChI is InChI=1S/C15H24N2O/c1-11(2)18-14-5-3-12(4-6-14)15(16)13-7-9-17-10-8-13/h3-6,11,13,15,17H,7-10,16H2,1-2H3. The highest BCUT2D eigenvalue weighted by Gasteiger charge is 2.21. The average molecular weight is 248 g/mol. The van der Waals surface area contributed by atoms with Crippen LogP contribution < -0.4 is 15.8 Å². The van der Waals surface area contributed by atoms with Crippen molar-refractivity contribution in [1.82, 2.24) is 5.32 Å². The Morgan fingerprint density at radius 2 is 1.78 bits per heavy atom. The van der Waals surface area contributed by atoms with Crippen molar-refractivity contribution in [3.8, 4) is 5.75 Å². The molecule has 100 valence electrons. The number of piperidine rings is 1. The van der Waals surface area contributed by atoms with Crippen LogP contribution in [0.5, 0.6) is 5.75 Å². The highest BCUT2D eigenvalue weighted by Crippen LogP contribution is 2.27. The van der Waals surface area contributed by atoms with E-state index in [0.29, 0.717) is 5.92 Å². The predicted octanol–water partition coefficient (Wildman–Crippen LogP) is 2.47. The van der Waals surface area contributed by atoms with Gasteiger partial charge >= 0.3 is 0 Å². The Kier molecular flexibility index (Phi) is 4.61. The topological polar surface area (TPSA) is 47.3 Å². The van der Waals surface area contributed by atoms with Crippen molar-refractivity contribution in [3.63, 3.8) is 0 Å². The third-order valence-corrected chi connectivity index (χ3v) is 3.53. The van der Waals surface area contributed by atoms with Crippen LogP contribution in [0.1, 0.15) is 38.3 Å². The summed E-state index contributed by atoms with van der Waals surface area (Å²) in [7, 11) is 0. The molecule has 1 saturated heterocycles. The molecule has 1 aromatic carbocycles. The second kappa shape index (κ2) is 6.21. The van der Waals surface area contributed by atoms with Crippen molar-refractivity contribution in [2.24, 2.45) is 11.7 Å². The molecule has 3 heteroatoms. The second-order valence-electron chi connectivity index (χ2n) is 5.35. The minimum atomic E-state index is 0.153. The zero-order valence-corrected chi connectivity index (χ0v) is 11.4. The molecule has 0 amide bonds. The number of rotatable bonds is 4. The zero-order valence-electron chi connectivity index (χ0n) is 11.4. The van der Waals surface area contributed by atoms with E-state index in [9.17, 15) is 0 Å². The average Bonchev–Trinajstić information content (AvgIpc) is 2.39. The summed E-state index contributed by atoms with van der Waals surface area (Å²) in [4.78, 5) is 0. The van der Waals surface area contributed by atoms with Crippen molar-refractivity contribution >= 4 is 0 Å². The van der Waals surface area contributed by atoms with E-state index in [-0.39, 0.29) is 12.1 Å². The maximum Gasteiger partial charge on any atom is 0.119 e. The van der Waals surface area contributed by atoms with Crippen molar-refractivity contribution in [1.29, 1.82) is 0 Å². The van der Waals surface area contributed by atoms with Crippen LogP contribution in [-0.2, 0) is 0 Å². The molecule has 1 unspecified atom stereocenters. The number of ether oxygens (including phenoxy) is 1. The second-order valence-corrected chi connectivity index (χ2v) is 5.35. The van der Waals surface area contributed by atoms with Gasteiger partial charge in [0.2, 0.25) is 0 Å². The Bertz CT molecular complexity index is 355. The van der Waals surface area contributed by atoms with Crippen molar-refractivity contribution in [3.05, 3.63) is 29.8 Å². The smallest absolute Gasteiger partial charge is 0.119 e. The molecule has 0 spiro atoms. The fourth-order valence-electron chi connectivity index (χ4n) is 2.52. The summed E-state index contributed by atoms with van der Waals surface area (Å²) in [5.74, 6) is 1.52. The summed E-state index contributed by atoms with van der Waals surface area (Å²) in [5.41, 5.74) is 7.57. The molecule has 1 aromatic rings. The molecule has 0 aromatic heterocycles. The number of nitrogens with two attached hydrogens (primary N) is 1. The fraction of sp³-hybridized carbons (Fsp3) is 0.600. The van der Waals surface area contributed by atoms with Crippen molar-refractivity contribution in [2.75, 3.05) is 13.1 Å². The third-order valence-electron chi connectivity index (χ3n) is 3.53. The highest BCUT2D eigenvalue weighted by molar-refractivity contribution is 5.29. The van der Waals surface area contributed by atoms with Gasteiger partial charge in [0.1, 0.15) is 5.75 Å². The largest absolute Gasteiger partial charge is 0.491 e. The zero-order chi connectivity index (χ0) is 13.0. The van der Waals surface area contributed by atoms with Gasteiger partial charge in [-0.2, -0.15) is 0 Å². The van der Waals surface area contributed by atoms with Gasteiger partial charge in [0.15, 0.2) is 0 Å². The minimum Gasteiger partial charge on any atom is -0.491 e. The van der Waals surface area contributed by atoms with E-state index in [1.165, 1.54) is 18.4 Å². The Balaban J connectivity index is 1.99. The maximum absolute atomic E-state index is 6.35. The number of hydrogen-bond acceptors (Lipinski definition) is 3. The first-order valence-corrected chi connectivity index (χ1v) is 6.89. The molecule has 1 aliphatic heterocycles. The van der Waals surface area contributed by atoms with Gasteiger partial charge in [0, 0.05) is 6.04 Å². The van der Waals surface area contributed by atoms with Crippen molar-refractivity contribution < 1.29 is 4.74 Å². The molecule has 0 aliphatic carbocycles. The van der Waals surface area contributed by atoms with Crippen LogP contribution in [0.2, 0.25) is 0 Å². The molecule has 1 aliphatic rings. The lowest BCUT2D eigenvalue weighted by Crippen LogP contribution is -2.33. The summed E-state index contributed by atoms with van der Waals surface area (Å²) in [6.07, 6.45) is 2.56. The molecule has 0 bridgehead atoms. The first-order valence-electron chi connectivity index (χ1n) is 6.89. The molecule has 18 heavy (non-hydrogen) atoms. The van der Waals surface area contributed by atoms with Crippen LogP contribution in [0.3, 0.4) is 0 Å². The monoisotopic (exact) mass is 248 g/mol. The number of nitrogens with one attached hydrogen (secondary N) is 1. The fourth-order valence-corrected chi connectivity index (χ4v) is 2.52. The lowest BCUT2D eigenvalue weighted by Gasteiger charge is -2.28.